The molecule has 0 amide bonds. The lowest BCUT2D eigenvalue weighted by atomic mass is 9.73. The summed E-state index contributed by atoms with van der Waals surface area (Å²) in [6.45, 7) is 11.5. The van der Waals surface area contributed by atoms with E-state index < -0.39 is 0 Å². The van der Waals surface area contributed by atoms with Crippen molar-refractivity contribution in [3.05, 3.63) is 35.4 Å². The molecule has 92 valence electrons. The van der Waals surface area contributed by atoms with E-state index >= 15 is 0 Å². The summed E-state index contributed by atoms with van der Waals surface area (Å²) in [6, 6.07) is 10.1. The number of hydrogen-bond acceptors (Lipinski definition) is 1. The Bertz CT molecular complexity index is 399. The Kier molecular flexibility index (Phi) is 3.98. The van der Waals surface area contributed by atoms with Crippen LogP contribution in [0.1, 0.15) is 52.2 Å². The molecule has 0 N–H and O–H groups in total. The van der Waals surface area contributed by atoms with Crippen LogP contribution >= 0.6 is 0 Å². The molecule has 0 spiro atoms. The van der Waals surface area contributed by atoms with E-state index in [0.717, 1.165) is 12.0 Å². The van der Waals surface area contributed by atoms with Gasteiger partial charge in [0, 0.05) is 0 Å². The second-order valence-corrected chi connectivity index (χ2v) is 6.89. The van der Waals surface area contributed by atoms with E-state index in [1.165, 1.54) is 12.0 Å². The largest absolute Gasteiger partial charge is 0.192 e. The van der Waals surface area contributed by atoms with Crippen molar-refractivity contribution in [1.82, 2.24) is 0 Å². The summed E-state index contributed by atoms with van der Waals surface area (Å²) in [7, 11) is 0. The second kappa shape index (κ2) is 4.92. The number of benzene rings is 1. The fraction of sp³-hybridized carbons (Fsp3) is 0.562. The van der Waals surface area contributed by atoms with E-state index in [9.17, 15) is 0 Å². The van der Waals surface area contributed by atoms with Crippen molar-refractivity contribution in [2.45, 2.75) is 47.5 Å². The molecule has 0 heterocycles. The molecule has 1 aromatic carbocycles. The third kappa shape index (κ3) is 5.04. The summed E-state index contributed by atoms with van der Waals surface area (Å²) in [5, 5.41) is 8.76. The minimum absolute atomic E-state index is 0.298. The molecule has 17 heavy (non-hydrogen) atoms. The third-order valence-electron chi connectivity index (χ3n) is 2.77. The molecule has 0 aromatic heterocycles. The fourth-order valence-electron chi connectivity index (χ4n) is 2.75. The zero-order valence-corrected chi connectivity index (χ0v) is 11.7. The maximum absolute atomic E-state index is 8.76. The molecular formula is C16H23N. The molecule has 0 radical (unpaired) electrons. The predicted molar refractivity (Wildman–Crippen MR) is 72.7 cm³/mol. The standard InChI is InChI=1S/C16H23N/c1-15(2,3)12-16(4,5)10-13-6-8-14(11-17)9-7-13/h6-9H,10,12H2,1-5H3. The number of nitrogens with zero attached hydrogens (tertiary/aromatic N) is 1. The van der Waals surface area contributed by atoms with Crippen LogP contribution in [0, 0.1) is 22.2 Å². The van der Waals surface area contributed by atoms with Crippen molar-refractivity contribution in [3.63, 3.8) is 0 Å². The summed E-state index contributed by atoms with van der Waals surface area (Å²) in [5.41, 5.74) is 2.71. The van der Waals surface area contributed by atoms with Crippen LogP contribution in [-0.4, -0.2) is 0 Å². The number of rotatable bonds is 3. The minimum atomic E-state index is 0.298. The SMILES string of the molecule is CC(C)(C)CC(C)(C)Cc1ccc(C#N)cc1. The fourth-order valence-corrected chi connectivity index (χ4v) is 2.75. The molecule has 0 saturated carbocycles. The Balaban J connectivity index is 2.73. The first kappa shape index (κ1) is 13.8. The summed E-state index contributed by atoms with van der Waals surface area (Å²) >= 11 is 0. The van der Waals surface area contributed by atoms with Gasteiger partial charge in [-0.25, -0.2) is 0 Å². The molecule has 0 atom stereocenters. The predicted octanol–water partition coefficient (Wildman–Crippen LogP) is 4.56. The van der Waals surface area contributed by atoms with Gasteiger partial charge in [0.2, 0.25) is 0 Å². The summed E-state index contributed by atoms with van der Waals surface area (Å²) in [6.07, 6.45) is 2.26. The monoisotopic (exact) mass is 229 g/mol. The van der Waals surface area contributed by atoms with Gasteiger partial charge in [0.1, 0.15) is 0 Å². The van der Waals surface area contributed by atoms with E-state index in [-0.39, 0.29) is 0 Å². The minimum Gasteiger partial charge on any atom is -0.192 e. The van der Waals surface area contributed by atoms with Gasteiger partial charge in [-0.05, 0) is 41.4 Å². The Morgan fingerprint density at radius 3 is 1.94 bits per heavy atom. The smallest absolute Gasteiger partial charge is 0.0991 e. The van der Waals surface area contributed by atoms with Gasteiger partial charge in [-0.2, -0.15) is 5.26 Å². The van der Waals surface area contributed by atoms with Crippen molar-refractivity contribution in [3.8, 4) is 6.07 Å². The van der Waals surface area contributed by atoms with Gasteiger partial charge in [0.25, 0.3) is 0 Å². The lowest BCUT2D eigenvalue weighted by molar-refractivity contribution is 0.211. The van der Waals surface area contributed by atoms with Crippen molar-refractivity contribution in [2.75, 3.05) is 0 Å². The second-order valence-electron chi connectivity index (χ2n) is 6.89. The van der Waals surface area contributed by atoms with Gasteiger partial charge in [0.15, 0.2) is 0 Å². The molecule has 0 aliphatic rings. The van der Waals surface area contributed by atoms with Gasteiger partial charge in [0.05, 0.1) is 11.6 Å². The maximum Gasteiger partial charge on any atom is 0.0991 e. The Hall–Kier alpha value is -1.29. The van der Waals surface area contributed by atoms with Crippen molar-refractivity contribution in [2.24, 2.45) is 10.8 Å². The van der Waals surface area contributed by atoms with E-state index in [0.29, 0.717) is 10.8 Å². The van der Waals surface area contributed by atoms with Crippen LogP contribution in [-0.2, 0) is 6.42 Å². The lowest BCUT2D eigenvalue weighted by Gasteiger charge is -2.32. The molecule has 1 rings (SSSR count). The highest BCUT2D eigenvalue weighted by Crippen LogP contribution is 2.35. The van der Waals surface area contributed by atoms with E-state index in [4.69, 9.17) is 5.26 Å². The highest BCUT2D eigenvalue weighted by Gasteiger charge is 2.25. The van der Waals surface area contributed by atoms with Crippen LogP contribution in [0.2, 0.25) is 0 Å². The highest BCUT2D eigenvalue weighted by atomic mass is 14.3. The van der Waals surface area contributed by atoms with Gasteiger partial charge in [-0.3, -0.25) is 0 Å². The normalized spacial score (nSPS) is 12.2. The number of nitriles is 1. The molecule has 0 unspecified atom stereocenters. The highest BCUT2D eigenvalue weighted by molar-refractivity contribution is 5.31. The Labute approximate surface area is 105 Å². The lowest BCUT2D eigenvalue weighted by Crippen LogP contribution is -2.22. The molecule has 1 heteroatoms. The average Bonchev–Trinajstić information content (AvgIpc) is 2.14. The zero-order chi connectivity index (χ0) is 13.1. The molecule has 0 bridgehead atoms. The van der Waals surface area contributed by atoms with Crippen molar-refractivity contribution in [1.29, 1.82) is 5.26 Å². The quantitative estimate of drug-likeness (QED) is 0.745. The summed E-state index contributed by atoms with van der Waals surface area (Å²) in [5.74, 6) is 0. The van der Waals surface area contributed by atoms with Gasteiger partial charge >= 0.3 is 0 Å². The van der Waals surface area contributed by atoms with E-state index in [2.05, 4.69) is 52.8 Å². The summed E-state index contributed by atoms with van der Waals surface area (Å²) < 4.78 is 0. The third-order valence-corrected chi connectivity index (χ3v) is 2.77. The molecular weight excluding hydrogens is 206 g/mol. The van der Waals surface area contributed by atoms with E-state index in [1.54, 1.807) is 0 Å². The van der Waals surface area contributed by atoms with Crippen LogP contribution in [0.15, 0.2) is 24.3 Å². The van der Waals surface area contributed by atoms with Crippen LogP contribution in [0.5, 0.6) is 0 Å². The molecule has 0 fully saturated rings. The zero-order valence-electron chi connectivity index (χ0n) is 11.7. The van der Waals surface area contributed by atoms with Crippen LogP contribution < -0.4 is 0 Å². The van der Waals surface area contributed by atoms with Crippen LogP contribution in [0.25, 0.3) is 0 Å². The maximum atomic E-state index is 8.76. The van der Waals surface area contributed by atoms with Crippen molar-refractivity contribution >= 4 is 0 Å². The molecule has 1 nitrogen and oxygen atoms in total. The first-order chi connectivity index (χ1) is 7.72. The molecule has 0 saturated heterocycles. The van der Waals surface area contributed by atoms with Gasteiger partial charge in [-0.15, -0.1) is 0 Å². The summed E-state index contributed by atoms with van der Waals surface area (Å²) in [4.78, 5) is 0. The van der Waals surface area contributed by atoms with E-state index in [1.807, 2.05) is 12.1 Å². The average molecular weight is 229 g/mol. The van der Waals surface area contributed by atoms with Crippen molar-refractivity contribution < 1.29 is 0 Å². The molecule has 0 aliphatic carbocycles. The number of hydrogen-bond donors (Lipinski definition) is 0. The molecule has 1 aromatic rings. The van der Waals surface area contributed by atoms with Gasteiger partial charge in [-0.1, -0.05) is 46.8 Å². The molecule has 0 aliphatic heterocycles. The Morgan fingerprint density at radius 1 is 1.00 bits per heavy atom. The first-order valence-electron chi connectivity index (χ1n) is 6.21. The topological polar surface area (TPSA) is 23.8 Å². The Morgan fingerprint density at radius 2 is 1.53 bits per heavy atom. The van der Waals surface area contributed by atoms with Gasteiger partial charge < -0.3 is 0 Å². The van der Waals surface area contributed by atoms with Crippen LogP contribution in [0.4, 0.5) is 0 Å². The first-order valence-corrected chi connectivity index (χ1v) is 6.21. The van der Waals surface area contributed by atoms with Crippen LogP contribution in [0.3, 0.4) is 0 Å².